The first-order valence-corrected chi connectivity index (χ1v) is 26.0. The Kier molecular flexibility index (Phi) is 41.9. The number of allylic oxidation sites excluding steroid dienone is 4. The second kappa shape index (κ2) is 42.7. The van der Waals surface area contributed by atoms with Crippen LogP contribution in [0.4, 0.5) is 0 Å². The molecule has 0 aromatic rings. The van der Waals surface area contributed by atoms with Crippen molar-refractivity contribution >= 4 is 13.8 Å². The Morgan fingerprint density at radius 2 is 0.948 bits per heavy atom. The normalized spacial score (nSPS) is 13.8. The van der Waals surface area contributed by atoms with E-state index in [2.05, 4.69) is 38.2 Å². The lowest BCUT2D eigenvalue weighted by Crippen LogP contribution is -2.37. The van der Waals surface area contributed by atoms with E-state index < -0.39 is 13.9 Å². The molecule has 0 saturated heterocycles. The van der Waals surface area contributed by atoms with Gasteiger partial charge in [0.2, 0.25) is 0 Å². The standard InChI is InChI=1S/C49H96NO7P/c1-6-8-10-12-14-16-18-20-22-24-26-28-30-32-34-36-38-40-42-49(51)57-48(47-56-58(52,53)55-45-43-50(3,4)5)46-54-44-41-39-37-35-33-31-29-27-25-23-21-19-17-15-13-11-9-7-2/h16,18,22,24,48H,6-15,17,19-21,23,25-47H2,1-5H3/b18-16-,24-22-. The maximum Gasteiger partial charge on any atom is 0.306 e. The summed E-state index contributed by atoms with van der Waals surface area (Å²) in [5, 5.41) is 0. The highest BCUT2D eigenvalue weighted by Crippen LogP contribution is 2.38. The van der Waals surface area contributed by atoms with Crippen molar-refractivity contribution in [1.29, 1.82) is 0 Å². The maximum atomic E-state index is 12.7. The van der Waals surface area contributed by atoms with Crippen molar-refractivity contribution in [2.45, 2.75) is 232 Å². The van der Waals surface area contributed by atoms with Gasteiger partial charge < -0.3 is 27.9 Å². The van der Waals surface area contributed by atoms with Gasteiger partial charge in [0.05, 0.1) is 34.4 Å². The van der Waals surface area contributed by atoms with Gasteiger partial charge >= 0.3 is 5.97 Å². The van der Waals surface area contributed by atoms with E-state index in [1.165, 1.54) is 161 Å². The molecule has 0 aliphatic heterocycles. The van der Waals surface area contributed by atoms with Gasteiger partial charge in [0.1, 0.15) is 19.3 Å². The molecule has 0 aliphatic rings. The number of nitrogens with zero attached hydrogens (tertiary/aromatic N) is 1. The average molecular weight is 842 g/mol. The number of carbonyl (C=O) groups is 1. The van der Waals surface area contributed by atoms with Crippen LogP contribution in [0.3, 0.4) is 0 Å². The van der Waals surface area contributed by atoms with Crippen molar-refractivity contribution < 1.29 is 37.3 Å². The summed E-state index contributed by atoms with van der Waals surface area (Å²) in [5.41, 5.74) is 0. The first kappa shape index (κ1) is 57.0. The minimum atomic E-state index is -4.53. The number of ether oxygens (including phenoxy) is 2. The fourth-order valence-corrected chi connectivity index (χ4v) is 7.66. The predicted molar refractivity (Wildman–Crippen MR) is 245 cm³/mol. The molecule has 0 aromatic heterocycles. The van der Waals surface area contributed by atoms with Crippen LogP contribution in [0.25, 0.3) is 0 Å². The summed E-state index contributed by atoms with van der Waals surface area (Å²) in [6.45, 7) is 5.43. The van der Waals surface area contributed by atoms with Gasteiger partial charge in [0.25, 0.3) is 7.82 Å². The molecule has 0 aromatic carbocycles. The van der Waals surface area contributed by atoms with Crippen LogP contribution < -0.4 is 4.89 Å². The van der Waals surface area contributed by atoms with Gasteiger partial charge in [-0.05, 0) is 44.9 Å². The Morgan fingerprint density at radius 3 is 1.41 bits per heavy atom. The molecule has 0 fully saturated rings. The number of likely N-dealkylation sites (N-methyl/N-ethyl adjacent to an activating group) is 1. The lowest BCUT2D eigenvalue weighted by Gasteiger charge is -2.28. The zero-order valence-corrected chi connectivity index (χ0v) is 39.9. The number of hydrogen-bond acceptors (Lipinski definition) is 7. The van der Waals surface area contributed by atoms with Crippen LogP contribution in [0.2, 0.25) is 0 Å². The van der Waals surface area contributed by atoms with Crippen molar-refractivity contribution in [2.75, 3.05) is 54.1 Å². The molecule has 0 heterocycles. The molecule has 0 bridgehead atoms. The van der Waals surface area contributed by atoms with Gasteiger partial charge in [-0.25, -0.2) is 0 Å². The van der Waals surface area contributed by atoms with Gasteiger partial charge in [-0.15, -0.1) is 0 Å². The van der Waals surface area contributed by atoms with Gasteiger partial charge in [-0.3, -0.25) is 9.36 Å². The Balaban J connectivity index is 4.16. The molecule has 0 N–H and O–H groups in total. The zero-order valence-electron chi connectivity index (χ0n) is 39.0. The third-order valence-corrected chi connectivity index (χ3v) is 11.7. The summed E-state index contributed by atoms with van der Waals surface area (Å²) < 4.78 is 34.7. The third-order valence-electron chi connectivity index (χ3n) is 10.8. The second-order valence-electron chi connectivity index (χ2n) is 17.8. The number of hydrogen-bond donors (Lipinski definition) is 0. The molecular weight excluding hydrogens is 746 g/mol. The van der Waals surface area contributed by atoms with E-state index in [-0.39, 0.29) is 25.8 Å². The number of phosphoric acid groups is 1. The largest absolute Gasteiger partial charge is 0.756 e. The molecule has 2 unspecified atom stereocenters. The van der Waals surface area contributed by atoms with E-state index in [9.17, 15) is 14.3 Å². The van der Waals surface area contributed by atoms with Crippen LogP contribution in [0, 0.1) is 0 Å². The first-order chi connectivity index (χ1) is 28.1. The lowest BCUT2D eigenvalue weighted by atomic mass is 10.0. The molecule has 9 heteroatoms. The Hall–Kier alpha value is -1.02. The van der Waals surface area contributed by atoms with E-state index in [1.54, 1.807) is 0 Å². The summed E-state index contributed by atoms with van der Waals surface area (Å²) >= 11 is 0. The van der Waals surface area contributed by atoms with E-state index in [4.69, 9.17) is 18.5 Å². The highest BCUT2D eigenvalue weighted by atomic mass is 31.2. The van der Waals surface area contributed by atoms with Gasteiger partial charge in [0, 0.05) is 13.0 Å². The highest BCUT2D eigenvalue weighted by Gasteiger charge is 2.20. The van der Waals surface area contributed by atoms with Gasteiger partial charge in [-0.1, -0.05) is 199 Å². The predicted octanol–water partition coefficient (Wildman–Crippen LogP) is 14.1. The number of rotatable bonds is 46. The van der Waals surface area contributed by atoms with Crippen molar-refractivity contribution in [1.82, 2.24) is 0 Å². The third kappa shape index (κ3) is 46.1. The average Bonchev–Trinajstić information content (AvgIpc) is 3.18. The zero-order chi connectivity index (χ0) is 42.7. The number of carbonyl (C=O) groups excluding carboxylic acids is 1. The Morgan fingerprint density at radius 1 is 0.534 bits per heavy atom. The van der Waals surface area contributed by atoms with Crippen molar-refractivity contribution in [3.63, 3.8) is 0 Å². The second-order valence-corrected chi connectivity index (χ2v) is 19.2. The molecular formula is C49H96NO7P. The van der Waals surface area contributed by atoms with Crippen LogP contribution >= 0.6 is 7.82 Å². The minimum Gasteiger partial charge on any atom is -0.756 e. The number of esters is 1. The summed E-state index contributed by atoms with van der Waals surface area (Å²) in [7, 11) is 1.36. The van der Waals surface area contributed by atoms with E-state index in [1.807, 2.05) is 21.1 Å². The summed E-state index contributed by atoms with van der Waals surface area (Å²) in [4.78, 5) is 25.1. The quantitative estimate of drug-likeness (QED) is 0.0198. The monoisotopic (exact) mass is 842 g/mol. The Labute approximate surface area is 360 Å². The van der Waals surface area contributed by atoms with E-state index in [0.717, 1.165) is 44.9 Å². The number of unbranched alkanes of at least 4 members (excludes halogenated alkanes) is 28. The molecule has 58 heavy (non-hydrogen) atoms. The van der Waals surface area contributed by atoms with Crippen LogP contribution in [-0.2, 0) is 27.9 Å². The smallest absolute Gasteiger partial charge is 0.306 e. The first-order valence-electron chi connectivity index (χ1n) is 24.6. The summed E-state index contributed by atoms with van der Waals surface area (Å²) in [6, 6.07) is 0. The fraction of sp³-hybridized carbons (Fsp3) is 0.898. The molecule has 0 rings (SSSR count). The molecule has 8 nitrogen and oxygen atoms in total. The van der Waals surface area contributed by atoms with Gasteiger partial charge in [0.15, 0.2) is 0 Å². The topological polar surface area (TPSA) is 94.1 Å². The number of phosphoric ester groups is 1. The summed E-state index contributed by atoms with van der Waals surface area (Å²) in [5.74, 6) is -0.338. The SMILES string of the molecule is CCCCCC/C=C\C/C=C\CCCCCCCCCC(=O)OC(COCCCCCCCCCCCCCCCCCCCC)COP(=O)([O-])OCC[N+](C)(C)C. The number of quaternary nitrogens is 1. The van der Waals surface area contributed by atoms with Crippen LogP contribution in [0.15, 0.2) is 24.3 Å². The fourth-order valence-electron chi connectivity index (χ4n) is 6.93. The molecule has 344 valence electrons. The van der Waals surface area contributed by atoms with Crippen LogP contribution in [0.5, 0.6) is 0 Å². The molecule has 0 radical (unpaired) electrons. The summed E-state index contributed by atoms with van der Waals surface area (Å²) in [6.07, 6.45) is 49.0. The van der Waals surface area contributed by atoms with Crippen molar-refractivity contribution in [3.05, 3.63) is 24.3 Å². The lowest BCUT2D eigenvalue weighted by molar-refractivity contribution is -0.870. The molecule has 0 amide bonds. The van der Waals surface area contributed by atoms with E-state index in [0.29, 0.717) is 24.1 Å². The Bertz CT molecular complexity index is 983. The molecule has 0 spiro atoms. The maximum absolute atomic E-state index is 12.7. The van der Waals surface area contributed by atoms with Crippen LogP contribution in [-0.4, -0.2) is 70.7 Å². The van der Waals surface area contributed by atoms with E-state index >= 15 is 0 Å². The van der Waals surface area contributed by atoms with Crippen molar-refractivity contribution in [2.24, 2.45) is 0 Å². The van der Waals surface area contributed by atoms with Gasteiger partial charge in [-0.2, -0.15) is 0 Å². The van der Waals surface area contributed by atoms with Crippen LogP contribution in [0.1, 0.15) is 226 Å². The highest BCUT2D eigenvalue weighted by molar-refractivity contribution is 7.45. The molecule has 0 saturated carbocycles. The molecule has 0 aliphatic carbocycles. The molecule has 2 atom stereocenters. The minimum absolute atomic E-state index is 0.0266. The van der Waals surface area contributed by atoms with Crippen molar-refractivity contribution in [3.8, 4) is 0 Å².